The molecule has 0 radical (unpaired) electrons. The Morgan fingerprint density at radius 2 is 1.95 bits per heavy atom. The summed E-state index contributed by atoms with van der Waals surface area (Å²) < 4.78 is 1.98. The molecule has 4 nitrogen and oxygen atoms in total. The zero-order valence-electron chi connectivity index (χ0n) is 12.3. The fraction of sp³-hybridized carbons (Fsp3) is 0.222. The highest BCUT2D eigenvalue weighted by molar-refractivity contribution is 6.12. The van der Waals surface area contributed by atoms with Crippen molar-refractivity contribution >= 4 is 40.1 Å². The van der Waals surface area contributed by atoms with Gasteiger partial charge in [-0.25, -0.2) is 0 Å². The molecule has 1 saturated heterocycles. The Morgan fingerprint density at radius 1 is 1.18 bits per heavy atom. The summed E-state index contributed by atoms with van der Waals surface area (Å²) in [6.07, 6.45) is 0.887. The lowest BCUT2D eigenvalue weighted by molar-refractivity contribution is -0.135. The number of piperidine rings is 1. The SMILES string of the molecule is C=c1c2cccc3c(C)ccc(c32)n1C1CCC(=O)NC1=O. The number of carbonyl (C=O) groups is 2. The van der Waals surface area contributed by atoms with E-state index in [1.165, 1.54) is 10.9 Å². The first-order chi connectivity index (χ1) is 10.6. The summed E-state index contributed by atoms with van der Waals surface area (Å²) >= 11 is 0. The molecule has 1 fully saturated rings. The Bertz CT molecular complexity index is 984. The number of amides is 2. The van der Waals surface area contributed by atoms with Crippen LogP contribution in [0.4, 0.5) is 0 Å². The van der Waals surface area contributed by atoms with Crippen LogP contribution in [0, 0.1) is 6.92 Å². The summed E-state index contributed by atoms with van der Waals surface area (Å²) in [5, 5.41) is 6.68. The van der Waals surface area contributed by atoms with Gasteiger partial charge in [0.05, 0.1) is 5.52 Å². The molecule has 1 aliphatic heterocycles. The van der Waals surface area contributed by atoms with Crippen molar-refractivity contribution in [3.8, 4) is 0 Å². The quantitative estimate of drug-likeness (QED) is 0.699. The maximum Gasteiger partial charge on any atom is 0.249 e. The Hall–Kier alpha value is -2.62. The van der Waals surface area contributed by atoms with Crippen molar-refractivity contribution in [2.45, 2.75) is 25.8 Å². The van der Waals surface area contributed by atoms with Gasteiger partial charge >= 0.3 is 0 Å². The first kappa shape index (κ1) is 13.1. The van der Waals surface area contributed by atoms with Crippen molar-refractivity contribution in [2.75, 3.05) is 0 Å². The molecule has 0 saturated carbocycles. The van der Waals surface area contributed by atoms with E-state index in [1.807, 2.05) is 22.8 Å². The topological polar surface area (TPSA) is 51.1 Å². The van der Waals surface area contributed by atoms with Gasteiger partial charge in [0.2, 0.25) is 11.8 Å². The summed E-state index contributed by atoms with van der Waals surface area (Å²) in [5.41, 5.74) is 2.22. The number of hydrogen-bond acceptors (Lipinski definition) is 2. The fourth-order valence-corrected chi connectivity index (χ4v) is 3.53. The number of aryl methyl sites for hydroxylation is 1. The minimum Gasteiger partial charge on any atom is -0.328 e. The predicted molar refractivity (Wildman–Crippen MR) is 86.3 cm³/mol. The van der Waals surface area contributed by atoms with Crippen LogP contribution in [0.5, 0.6) is 0 Å². The van der Waals surface area contributed by atoms with Crippen LogP contribution in [-0.4, -0.2) is 16.4 Å². The Kier molecular flexibility index (Phi) is 2.64. The van der Waals surface area contributed by atoms with E-state index in [4.69, 9.17) is 0 Å². The number of hydrogen-bond donors (Lipinski definition) is 1. The van der Waals surface area contributed by atoms with E-state index in [2.05, 4.69) is 31.0 Å². The second-order valence-corrected chi connectivity index (χ2v) is 5.91. The largest absolute Gasteiger partial charge is 0.328 e. The monoisotopic (exact) mass is 292 g/mol. The third kappa shape index (κ3) is 1.64. The second kappa shape index (κ2) is 4.44. The summed E-state index contributed by atoms with van der Waals surface area (Å²) in [4.78, 5) is 23.7. The molecule has 4 rings (SSSR count). The fourth-order valence-electron chi connectivity index (χ4n) is 3.53. The maximum absolute atomic E-state index is 12.3. The molecule has 2 amide bonds. The van der Waals surface area contributed by atoms with E-state index in [0.717, 1.165) is 21.6 Å². The van der Waals surface area contributed by atoms with Gasteiger partial charge in [0.15, 0.2) is 0 Å². The zero-order chi connectivity index (χ0) is 15.4. The second-order valence-electron chi connectivity index (χ2n) is 5.91. The Morgan fingerprint density at radius 3 is 2.73 bits per heavy atom. The lowest BCUT2D eigenvalue weighted by atomic mass is 10.0. The van der Waals surface area contributed by atoms with Gasteiger partial charge < -0.3 is 4.57 Å². The summed E-state index contributed by atoms with van der Waals surface area (Å²) in [6.45, 7) is 6.28. The maximum atomic E-state index is 12.3. The van der Waals surface area contributed by atoms with Crippen LogP contribution in [0.25, 0.3) is 28.3 Å². The number of imide groups is 1. The molecule has 1 N–H and O–H groups in total. The molecular formula is C18H16N2O2. The third-order valence-electron chi connectivity index (χ3n) is 4.62. The molecule has 0 aliphatic carbocycles. The molecule has 1 aliphatic rings. The van der Waals surface area contributed by atoms with Crippen LogP contribution in [-0.2, 0) is 9.59 Å². The minimum atomic E-state index is -0.372. The molecule has 1 unspecified atom stereocenters. The average Bonchev–Trinajstić information content (AvgIpc) is 2.78. The van der Waals surface area contributed by atoms with Gasteiger partial charge in [0.1, 0.15) is 6.04 Å². The molecule has 1 aromatic heterocycles. The van der Waals surface area contributed by atoms with Crippen molar-refractivity contribution in [2.24, 2.45) is 0 Å². The van der Waals surface area contributed by atoms with E-state index >= 15 is 0 Å². The molecule has 22 heavy (non-hydrogen) atoms. The van der Waals surface area contributed by atoms with Crippen LogP contribution in [0.3, 0.4) is 0 Å². The number of nitrogens with zero attached hydrogens (tertiary/aromatic N) is 1. The lowest BCUT2D eigenvalue weighted by Crippen LogP contribution is -2.43. The summed E-state index contributed by atoms with van der Waals surface area (Å²) in [7, 11) is 0. The first-order valence-electron chi connectivity index (χ1n) is 7.42. The molecule has 1 atom stereocenters. The highest BCUT2D eigenvalue weighted by atomic mass is 16.2. The molecule has 2 heterocycles. The molecule has 110 valence electrons. The van der Waals surface area contributed by atoms with Crippen LogP contribution >= 0.6 is 0 Å². The number of carbonyl (C=O) groups excluding carboxylic acids is 2. The molecule has 0 bridgehead atoms. The van der Waals surface area contributed by atoms with Crippen LogP contribution in [0.1, 0.15) is 24.4 Å². The van der Waals surface area contributed by atoms with Gasteiger partial charge in [-0.05, 0) is 30.4 Å². The average molecular weight is 292 g/mol. The Labute approximate surface area is 127 Å². The van der Waals surface area contributed by atoms with E-state index < -0.39 is 0 Å². The van der Waals surface area contributed by atoms with Crippen molar-refractivity contribution < 1.29 is 9.59 Å². The number of aromatic nitrogens is 1. The molecule has 0 spiro atoms. The highest BCUT2D eigenvalue weighted by Crippen LogP contribution is 2.31. The number of rotatable bonds is 1. The zero-order valence-corrected chi connectivity index (χ0v) is 12.3. The first-order valence-corrected chi connectivity index (χ1v) is 7.42. The van der Waals surface area contributed by atoms with E-state index in [9.17, 15) is 9.59 Å². The predicted octanol–water partition coefficient (Wildman–Crippen LogP) is 2.21. The van der Waals surface area contributed by atoms with Gasteiger partial charge in [-0.1, -0.05) is 30.8 Å². The third-order valence-corrected chi connectivity index (χ3v) is 4.62. The molecule has 4 heteroatoms. The molecular weight excluding hydrogens is 276 g/mol. The lowest BCUT2D eigenvalue weighted by Gasteiger charge is -2.23. The van der Waals surface area contributed by atoms with E-state index in [1.54, 1.807) is 0 Å². The molecule has 2 aromatic carbocycles. The minimum absolute atomic E-state index is 0.197. The number of benzene rings is 2. The van der Waals surface area contributed by atoms with Gasteiger partial charge in [-0.3, -0.25) is 14.9 Å². The summed E-state index contributed by atoms with van der Waals surface area (Å²) in [5.74, 6) is -0.434. The van der Waals surface area contributed by atoms with Gasteiger partial charge in [0.25, 0.3) is 0 Å². The highest BCUT2D eigenvalue weighted by Gasteiger charge is 2.30. The van der Waals surface area contributed by atoms with Crippen molar-refractivity contribution in [3.05, 3.63) is 41.2 Å². The Balaban J connectivity index is 2.05. The van der Waals surface area contributed by atoms with E-state index in [0.29, 0.717) is 12.8 Å². The van der Waals surface area contributed by atoms with Gasteiger partial charge in [-0.2, -0.15) is 0 Å². The standard InChI is InChI=1S/C18H16N2O2/c1-10-6-7-14-17-12(10)4-3-5-13(17)11(2)20(14)15-8-9-16(21)19-18(15)22/h3-7,15H,2,8-9H2,1H3,(H,19,21,22). The van der Waals surface area contributed by atoms with Crippen molar-refractivity contribution in [1.82, 2.24) is 9.88 Å². The normalized spacial score (nSPS) is 19.0. The molecule has 3 aromatic rings. The van der Waals surface area contributed by atoms with Gasteiger partial charge in [-0.15, -0.1) is 0 Å². The van der Waals surface area contributed by atoms with Crippen LogP contribution in [0.2, 0.25) is 0 Å². The van der Waals surface area contributed by atoms with E-state index in [-0.39, 0.29) is 17.9 Å². The summed E-state index contributed by atoms with van der Waals surface area (Å²) in [6, 6.07) is 9.90. The van der Waals surface area contributed by atoms with Crippen molar-refractivity contribution in [3.63, 3.8) is 0 Å². The van der Waals surface area contributed by atoms with Crippen LogP contribution in [0.15, 0.2) is 30.3 Å². The number of nitrogens with one attached hydrogen (secondary N) is 1. The van der Waals surface area contributed by atoms with Crippen LogP contribution < -0.4 is 10.7 Å². The van der Waals surface area contributed by atoms with Crippen molar-refractivity contribution in [1.29, 1.82) is 0 Å². The smallest absolute Gasteiger partial charge is 0.249 e. The van der Waals surface area contributed by atoms with Gasteiger partial charge in [0, 0.05) is 22.5 Å².